The summed E-state index contributed by atoms with van der Waals surface area (Å²) in [7, 11) is 0. The molecule has 0 unspecified atom stereocenters. The van der Waals surface area contributed by atoms with Crippen molar-refractivity contribution in [2.75, 3.05) is 0 Å². The first kappa shape index (κ1) is 13.1. The van der Waals surface area contributed by atoms with Crippen molar-refractivity contribution in [3.63, 3.8) is 0 Å². The van der Waals surface area contributed by atoms with Crippen LogP contribution in [0.25, 0.3) is 5.65 Å². The Morgan fingerprint density at radius 3 is 2.68 bits per heavy atom. The molecule has 110 valence electrons. The van der Waals surface area contributed by atoms with E-state index in [0.29, 0.717) is 18.2 Å². The molecular formula is C18H17N3O. The predicted molar refractivity (Wildman–Crippen MR) is 84.8 cm³/mol. The van der Waals surface area contributed by atoms with Gasteiger partial charge in [-0.25, -0.2) is 4.98 Å². The maximum absolute atomic E-state index is 12.7. The second kappa shape index (κ2) is 5.30. The average molecular weight is 291 g/mol. The Labute approximate surface area is 128 Å². The van der Waals surface area contributed by atoms with E-state index >= 15 is 0 Å². The quantitative estimate of drug-likeness (QED) is 0.802. The minimum absolute atomic E-state index is 0.0514. The fraction of sp³-hybridized carbons (Fsp3) is 0.222. The Morgan fingerprint density at radius 2 is 1.91 bits per heavy atom. The van der Waals surface area contributed by atoms with Crippen LogP contribution in [-0.4, -0.2) is 15.3 Å². The van der Waals surface area contributed by atoms with Crippen molar-refractivity contribution < 1.29 is 4.79 Å². The van der Waals surface area contributed by atoms with E-state index in [4.69, 9.17) is 0 Å². The van der Waals surface area contributed by atoms with Crippen LogP contribution in [0.15, 0.2) is 54.7 Å². The predicted octanol–water partition coefficient (Wildman–Crippen LogP) is 3.14. The number of hydrogen-bond donors (Lipinski definition) is 1. The fourth-order valence-electron chi connectivity index (χ4n) is 2.74. The minimum Gasteiger partial charge on any atom is -0.347 e. The first-order valence-electron chi connectivity index (χ1n) is 7.62. The number of nitrogens with one attached hydrogen (secondary N) is 1. The second-order valence-corrected chi connectivity index (χ2v) is 5.72. The van der Waals surface area contributed by atoms with Crippen LogP contribution in [0.5, 0.6) is 0 Å². The van der Waals surface area contributed by atoms with E-state index in [1.807, 2.05) is 59.1 Å². The second-order valence-electron chi connectivity index (χ2n) is 5.72. The number of fused-ring (bicyclic) bond motifs is 1. The maximum atomic E-state index is 12.7. The van der Waals surface area contributed by atoms with Crippen LogP contribution < -0.4 is 5.32 Å². The molecule has 1 amide bonds. The van der Waals surface area contributed by atoms with Gasteiger partial charge in [-0.1, -0.05) is 36.4 Å². The van der Waals surface area contributed by atoms with Crippen molar-refractivity contribution in [1.82, 2.24) is 14.7 Å². The molecule has 1 aliphatic rings. The molecule has 0 radical (unpaired) electrons. The number of carbonyl (C=O) groups excluding carboxylic acids is 1. The van der Waals surface area contributed by atoms with Crippen LogP contribution in [0.1, 0.15) is 40.5 Å². The Hall–Kier alpha value is -2.62. The van der Waals surface area contributed by atoms with Gasteiger partial charge in [-0.15, -0.1) is 0 Å². The van der Waals surface area contributed by atoms with E-state index < -0.39 is 0 Å². The van der Waals surface area contributed by atoms with Gasteiger partial charge in [0, 0.05) is 18.7 Å². The van der Waals surface area contributed by atoms with Crippen molar-refractivity contribution in [2.45, 2.75) is 25.3 Å². The number of nitrogens with zero attached hydrogens (tertiary/aromatic N) is 2. The van der Waals surface area contributed by atoms with Crippen LogP contribution in [0.2, 0.25) is 0 Å². The Kier molecular flexibility index (Phi) is 3.15. The highest BCUT2D eigenvalue weighted by Crippen LogP contribution is 2.41. The number of amides is 1. The molecule has 0 atom stereocenters. The summed E-state index contributed by atoms with van der Waals surface area (Å²) in [6.45, 7) is 0.532. The normalized spacial score (nSPS) is 14.2. The third kappa shape index (κ3) is 2.37. The van der Waals surface area contributed by atoms with E-state index in [2.05, 4.69) is 10.3 Å². The lowest BCUT2D eigenvalue weighted by Gasteiger charge is -2.07. The van der Waals surface area contributed by atoms with E-state index in [9.17, 15) is 4.79 Å². The van der Waals surface area contributed by atoms with Gasteiger partial charge in [0.05, 0.1) is 5.69 Å². The zero-order chi connectivity index (χ0) is 14.9. The van der Waals surface area contributed by atoms with Crippen LogP contribution in [0.4, 0.5) is 0 Å². The molecule has 0 spiro atoms. The molecule has 4 nitrogen and oxygen atoms in total. The van der Waals surface area contributed by atoms with E-state index in [-0.39, 0.29) is 5.91 Å². The van der Waals surface area contributed by atoms with Gasteiger partial charge in [-0.2, -0.15) is 0 Å². The summed E-state index contributed by atoms with van der Waals surface area (Å²) >= 11 is 0. The summed E-state index contributed by atoms with van der Waals surface area (Å²) in [5.41, 5.74) is 3.57. The first-order valence-corrected chi connectivity index (χ1v) is 7.62. The van der Waals surface area contributed by atoms with Gasteiger partial charge in [0.25, 0.3) is 5.91 Å². The van der Waals surface area contributed by atoms with Crippen molar-refractivity contribution in [1.29, 1.82) is 0 Å². The molecule has 4 heteroatoms. The highest BCUT2D eigenvalue weighted by atomic mass is 16.1. The molecule has 1 aromatic carbocycles. The zero-order valence-electron chi connectivity index (χ0n) is 12.2. The van der Waals surface area contributed by atoms with E-state index in [0.717, 1.165) is 29.7 Å². The largest absolute Gasteiger partial charge is 0.347 e. The molecule has 0 bridgehead atoms. The molecule has 0 aliphatic heterocycles. The molecule has 0 saturated heterocycles. The Balaban J connectivity index is 1.64. The summed E-state index contributed by atoms with van der Waals surface area (Å²) in [6.07, 6.45) is 4.16. The Morgan fingerprint density at radius 1 is 1.14 bits per heavy atom. The third-order valence-corrected chi connectivity index (χ3v) is 4.03. The lowest BCUT2D eigenvalue weighted by molar-refractivity contribution is 0.0944. The van der Waals surface area contributed by atoms with Gasteiger partial charge in [0.15, 0.2) is 0 Å². The SMILES string of the molecule is O=C(NCc1ccccc1)c1c(C2CC2)nc2ccccn12. The van der Waals surface area contributed by atoms with E-state index in [1.165, 1.54) is 0 Å². The number of aromatic nitrogens is 2. The Bertz CT molecular complexity index is 819. The number of carbonyl (C=O) groups is 1. The molecule has 1 aliphatic carbocycles. The number of pyridine rings is 1. The highest BCUT2D eigenvalue weighted by molar-refractivity contribution is 5.95. The fourth-order valence-corrected chi connectivity index (χ4v) is 2.74. The molecular weight excluding hydrogens is 274 g/mol. The van der Waals surface area contributed by atoms with Crippen molar-refractivity contribution in [2.24, 2.45) is 0 Å². The van der Waals surface area contributed by atoms with Crippen molar-refractivity contribution in [3.8, 4) is 0 Å². The van der Waals surface area contributed by atoms with Crippen LogP contribution in [0.3, 0.4) is 0 Å². The number of hydrogen-bond acceptors (Lipinski definition) is 2. The van der Waals surface area contributed by atoms with Gasteiger partial charge >= 0.3 is 0 Å². The third-order valence-electron chi connectivity index (χ3n) is 4.03. The van der Waals surface area contributed by atoms with Crippen LogP contribution in [-0.2, 0) is 6.54 Å². The van der Waals surface area contributed by atoms with Crippen molar-refractivity contribution in [3.05, 3.63) is 71.7 Å². The van der Waals surface area contributed by atoms with Gasteiger partial charge in [-0.05, 0) is 30.5 Å². The van der Waals surface area contributed by atoms with E-state index in [1.54, 1.807) is 0 Å². The molecule has 3 aromatic rings. The van der Waals surface area contributed by atoms with Crippen LogP contribution >= 0.6 is 0 Å². The summed E-state index contributed by atoms with van der Waals surface area (Å²) in [5, 5.41) is 3.02. The highest BCUT2D eigenvalue weighted by Gasteiger charge is 2.32. The van der Waals surface area contributed by atoms with Crippen LogP contribution in [0, 0.1) is 0 Å². The lowest BCUT2D eigenvalue weighted by atomic mass is 10.2. The molecule has 2 heterocycles. The smallest absolute Gasteiger partial charge is 0.270 e. The topological polar surface area (TPSA) is 46.4 Å². The number of benzene rings is 1. The summed E-state index contributed by atoms with van der Waals surface area (Å²) in [5.74, 6) is 0.391. The van der Waals surface area contributed by atoms with Gasteiger partial charge in [-0.3, -0.25) is 9.20 Å². The molecule has 22 heavy (non-hydrogen) atoms. The number of rotatable bonds is 4. The van der Waals surface area contributed by atoms with Gasteiger partial charge < -0.3 is 5.32 Å². The molecule has 2 aromatic heterocycles. The molecule has 1 N–H and O–H groups in total. The van der Waals surface area contributed by atoms with Gasteiger partial charge in [0.1, 0.15) is 11.3 Å². The minimum atomic E-state index is -0.0514. The first-order chi connectivity index (χ1) is 10.8. The maximum Gasteiger partial charge on any atom is 0.270 e. The molecule has 1 saturated carbocycles. The number of imidazole rings is 1. The summed E-state index contributed by atoms with van der Waals surface area (Å²) < 4.78 is 1.90. The molecule has 4 rings (SSSR count). The molecule has 1 fully saturated rings. The summed E-state index contributed by atoms with van der Waals surface area (Å²) in [6, 6.07) is 15.8. The average Bonchev–Trinajstić information content (AvgIpc) is 3.34. The monoisotopic (exact) mass is 291 g/mol. The zero-order valence-corrected chi connectivity index (χ0v) is 12.2. The lowest BCUT2D eigenvalue weighted by Crippen LogP contribution is -2.25. The standard InChI is InChI=1S/C18H17N3O/c22-18(19-12-13-6-2-1-3-7-13)17-16(14-9-10-14)20-15-8-4-5-11-21(15)17/h1-8,11,14H,9-10,12H2,(H,19,22). The van der Waals surface area contributed by atoms with Crippen molar-refractivity contribution >= 4 is 11.6 Å². The van der Waals surface area contributed by atoms with Gasteiger partial charge in [0.2, 0.25) is 0 Å². The summed E-state index contributed by atoms with van der Waals surface area (Å²) in [4.78, 5) is 17.3.